The molecule has 0 aliphatic heterocycles. The monoisotopic (exact) mass is 359 g/mol. The van der Waals surface area contributed by atoms with Crippen molar-refractivity contribution < 1.29 is 9.59 Å². The summed E-state index contributed by atoms with van der Waals surface area (Å²) >= 11 is 3.04. The number of carbonyl (C=O) groups excluding carboxylic acids is 2. The van der Waals surface area contributed by atoms with Crippen LogP contribution in [-0.4, -0.2) is 29.9 Å². The molecule has 0 saturated heterocycles. The van der Waals surface area contributed by atoms with Crippen LogP contribution in [0.25, 0.3) is 10.2 Å². The molecule has 0 bridgehead atoms. The Morgan fingerprint density at radius 2 is 1.96 bits per heavy atom. The van der Waals surface area contributed by atoms with Gasteiger partial charge in [0.15, 0.2) is 0 Å². The van der Waals surface area contributed by atoms with Gasteiger partial charge < -0.3 is 10.6 Å². The zero-order valence-electron chi connectivity index (χ0n) is 13.0. The van der Waals surface area contributed by atoms with Crippen molar-refractivity contribution in [2.75, 3.05) is 13.1 Å². The minimum atomic E-state index is -0.213. The van der Waals surface area contributed by atoms with Crippen molar-refractivity contribution in [2.45, 2.75) is 12.8 Å². The molecule has 2 N–H and O–H groups in total. The van der Waals surface area contributed by atoms with Gasteiger partial charge in [0.1, 0.15) is 0 Å². The maximum absolute atomic E-state index is 11.7. The smallest absolute Gasteiger partial charge is 0.261 e. The van der Waals surface area contributed by atoms with Crippen LogP contribution in [0.1, 0.15) is 21.1 Å². The van der Waals surface area contributed by atoms with E-state index in [9.17, 15) is 9.59 Å². The Kier molecular flexibility index (Phi) is 5.55. The predicted octanol–water partition coefficient (Wildman–Crippen LogP) is 2.84. The van der Waals surface area contributed by atoms with Crippen LogP contribution in [0.4, 0.5) is 0 Å². The molecular formula is C17H17N3O2S2. The quantitative estimate of drug-likeness (QED) is 0.637. The first-order valence-electron chi connectivity index (χ1n) is 7.65. The lowest BCUT2D eigenvalue weighted by atomic mass is 10.3. The summed E-state index contributed by atoms with van der Waals surface area (Å²) in [6, 6.07) is 11.6. The van der Waals surface area contributed by atoms with Crippen LogP contribution in [0.2, 0.25) is 0 Å². The van der Waals surface area contributed by atoms with E-state index in [1.165, 1.54) is 16.0 Å². The Morgan fingerprint density at radius 3 is 2.75 bits per heavy atom. The Hall–Kier alpha value is -2.25. The fourth-order valence-corrected chi connectivity index (χ4v) is 3.86. The van der Waals surface area contributed by atoms with Gasteiger partial charge in [0.2, 0.25) is 5.91 Å². The number of nitrogens with one attached hydrogen (secondary N) is 2. The number of benzene rings is 1. The van der Waals surface area contributed by atoms with Crippen molar-refractivity contribution in [2.24, 2.45) is 0 Å². The lowest BCUT2D eigenvalue weighted by molar-refractivity contribution is -0.120. The SMILES string of the molecule is O=C(CNC(=O)c1cccs1)NCCCc1nc2ccccc2s1. The van der Waals surface area contributed by atoms with Crippen molar-refractivity contribution in [1.29, 1.82) is 0 Å². The first-order chi connectivity index (χ1) is 11.7. The lowest BCUT2D eigenvalue weighted by Gasteiger charge is -2.05. The largest absolute Gasteiger partial charge is 0.355 e. The van der Waals surface area contributed by atoms with Gasteiger partial charge in [-0.15, -0.1) is 22.7 Å². The van der Waals surface area contributed by atoms with E-state index < -0.39 is 0 Å². The molecule has 124 valence electrons. The van der Waals surface area contributed by atoms with Crippen molar-refractivity contribution in [1.82, 2.24) is 15.6 Å². The third-order valence-corrected chi connectivity index (χ3v) is 5.35. The number of fused-ring (bicyclic) bond motifs is 1. The van der Waals surface area contributed by atoms with Gasteiger partial charge in [0, 0.05) is 13.0 Å². The highest BCUT2D eigenvalue weighted by atomic mass is 32.1. The van der Waals surface area contributed by atoms with Gasteiger partial charge in [-0.05, 0) is 30.0 Å². The molecule has 5 nitrogen and oxygen atoms in total. The van der Waals surface area contributed by atoms with Gasteiger partial charge in [0.05, 0.1) is 26.6 Å². The van der Waals surface area contributed by atoms with Crippen molar-refractivity contribution >= 4 is 44.7 Å². The molecule has 0 fully saturated rings. The Balaban J connectivity index is 1.35. The fraction of sp³-hybridized carbons (Fsp3) is 0.235. The van der Waals surface area contributed by atoms with E-state index in [0.717, 1.165) is 23.4 Å². The number of para-hydroxylation sites is 1. The summed E-state index contributed by atoms with van der Waals surface area (Å²) in [7, 11) is 0. The molecule has 3 aromatic rings. The zero-order chi connectivity index (χ0) is 16.8. The van der Waals surface area contributed by atoms with Crippen molar-refractivity contribution in [3.63, 3.8) is 0 Å². The molecule has 0 aliphatic carbocycles. The molecule has 2 aromatic heterocycles. The van der Waals surface area contributed by atoms with Gasteiger partial charge in [0.25, 0.3) is 5.91 Å². The third-order valence-electron chi connectivity index (χ3n) is 3.38. The zero-order valence-corrected chi connectivity index (χ0v) is 14.6. The van der Waals surface area contributed by atoms with Gasteiger partial charge in [-0.3, -0.25) is 9.59 Å². The topological polar surface area (TPSA) is 71.1 Å². The molecular weight excluding hydrogens is 342 g/mol. The molecule has 2 amide bonds. The number of amides is 2. The van der Waals surface area contributed by atoms with Crippen LogP contribution in [0.3, 0.4) is 0 Å². The van der Waals surface area contributed by atoms with Gasteiger partial charge >= 0.3 is 0 Å². The molecule has 2 heterocycles. The van der Waals surface area contributed by atoms with Crippen molar-refractivity contribution in [3.8, 4) is 0 Å². The highest BCUT2D eigenvalue weighted by Crippen LogP contribution is 2.22. The summed E-state index contributed by atoms with van der Waals surface area (Å²) in [4.78, 5) is 28.6. The molecule has 24 heavy (non-hydrogen) atoms. The minimum absolute atomic E-state index is 0.00211. The lowest BCUT2D eigenvalue weighted by Crippen LogP contribution is -2.37. The second kappa shape index (κ2) is 8.03. The van der Waals surface area contributed by atoms with Crippen LogP contribution in [0.15, 0.2) is 41.8 Å². The molecule has 0 spiro atoms. The summed E-state index contributed by atoms with van der Waals surface area (Å²) < 4.78 is 1.19. The van der Waals surface area contributed by atoms with E-state index in [1.54, 1.807) is 17.4 Å². The predicted molar refractivity (Wildman–Crippen MR) is 97.6 cm³/mol. The second-order valence-electron chi connectivity index (χ2n) is 5.19. The number of nitrogens with zero attached hydrogens (tertiary/aromatic N) is 1. The summed E-state index contributed by atoms with van der Waals surface area (Å²) in [6.07, 6.45) is 1.66. The highest BCUT2D eigenvalue weighted by molar-refractivity contribution is 7.18. The number of thiophene rings is 1. The number of aromatic nitrogens is 1. The van der Waals surface area contributed by atoms with Crippen LogP contribution in [0.5, 0.6) is 0 Å². The van der Waals surface area contributed by atoms with Crippen LogP contribution in [-0.2, 0) is 11.2 Å². The van der Waals surface area contributed by atoms with Crippen LogP contribution >= 0.6 is 22.7 Å². The Bertz CT molecular complexity index is 794. The maximum Gasteiger partial charge on any atom is 0.261 e. The molecule has 0 aliphatic rings. The first kappa shape index (κ1) is 16.6. The average molecular weight is 359 g/mol. The van der Waals surface area contributed by atoms with E-state index >= 15 is 0 Å². The molecule has 0 radical (unpaired) electrons. The normalized spacial score (nSPS) is 10.7. The van der Waals surface area contributed by atoms with E-state index in [0.29, 0.717) is 11.4 Å². The summed E-state index contributed by atoms with van der Waals surface area (Å²) in [5.74, 6) is -0.390. The van der Waals surface area contributed by atoms with E-state index in [4.69, 9.17) is 0 Å². The standard InChI is InChI=1S/C17H17N3O2S2/c21-15(11-19-17(22)14-7-4-10-23-14)18-9-3-8-16-20-12-5-1-2-6-13(12)24-16/h1-2,4-7,10H,3,8-9,11H2,(H,18,21)(H,19,22). The van der Waals surface area contributed by atoms with Gasteiger partial charge in [-0.2, -0.15) is 0 Å². The fourth-order valence-electron chi connectivity index (χ4n) is 2.21. The number of hydrogen-bond donors (Lipinski definition) is 2. The van der Waals surface area contributed by atoms with E-state index in [1.807, 2.05) is 29.6 Å². The van der Waals surface area contributed by atoms with Crippen LogP contribution < -0.4 is 10.6 Å². The number of aryl methyl sites for hydroxylation is 1. The third kappa shape index (κ3) is 4.39. The summed E-state index contributed by atoms with van der Waals surface area (Å²) in [5.41, 5.74) is 1.03. The van der Waals surface area contributed by atoms with Gasteiger partial charge in [-0.25, -0.2) is 4.98 Å². The number of thiazole rings is 1. The molecule has 3 rings (SSSR count). The highest BCUT2D eigenvalue weighted by Gasteiger charge is 2.08. The van der Waals surface area contributed by atoms with Gasteiger partial charge in [-0.1, -0.05) is 18.2 Å². The maximum atomic E-state index is 11.7. The molecule has 0 saturated carbocycles. The second-order valence-corrected chi connectivity index (χ2v) is 7.25. The number of carbonyl (C=O) groups is 2. The first-order valence-corrected chi connectivity index (χ1v) is 9.35. The molecule has 0 unspecified atom stereocenters. The Morgan fingerprint density at radius 1 is 1.08 bits per heavy atom. The van der Waals surface area contributed by atoms with Crippen molar-refractivity contribution in [3.05, 3.63) is 51.7 Å². The van der Waals surface area contributed by atoms with E-state index in [2.05, 4.69) is 21.7 Å². The van der Waals surface area contributed by atoms with E-state index in [-0.39, 0.29) is 18.4 Å². The summed E-state index contributed by atoms with van der Waals surface area (Å²) in [5, 5.41) is 8.33. The molecule has 0 atom stereocenters. The summed E-state index contributed by atoms with van der Waals surface area (Å²) in [6.45, 7) is 0.571. The average Bonchev–Trinajstić information content (AvgIpc) is 3.25. The van der Waals surface area contributed by atoms with Crippen LogP contribution in [0, 0.1) is 0 Å². The number of hydrogen-bond acceptors (Lipinski definition) is 5. The molecule has 1 aromatic carbocycles. The number of rotatable bonds is 7. The molecule has 7 heteroatoms. The Labute approximate surface area is 147 Å². The minimum Gasteiger partial charge on any atom is -0.355 e.